The Balaban J connectivity index is 1.83. The first kappa shape index (κ1) is 12.5. The number of hydrogen-bond donors (Lipinski definition) is 1. The molecule has 0 aliphatic carbocycles. The molecule has 1 heterocycles. The van der Waals surface area contributed by atoms with Crippen molar-refractivity contribution in [3.8, 4) is 5.75 Å². The molecule has 0 saturated carbocycles. The number of hydrogen-bond acceptors (Lipinski definition) is 3. The zero-order chi connectivity index (χ0) is 13.9. The van der Waals surface area contributed by atoms with Gasteiger partial charge in [-0.15, -0.1) is 0 Å². The normalized spacial score (nSPS) is 13.8. The Labute approximate surface area is 117 Å². The molecule has 0 spiro atoms. The number of para-hydroxylation sites is 1. The lowest BCUT2D eigenvalue weighted by atomic mass is 10.1. The monoisotopic (exact) mass is 268 g/mol. The fraction of sp³-hybridized carbons (Fsp3) is 0.188. The standard InChI is InChI=1S/C16H16N2O2/c17-13-7-4-8-14-16(13)20-11-15(19)18(14)10-9-12-5-2-1-3-6-12/h1-8H,9-11,17H2. The maximum absolute atomic E-state index is 12.0. The number of nitrogens with zero attached hydrogens (tertiary/aromatic N) is 1. The van der Waals surface area contributed by atoms with E-state index in [9.17, 15) is 4.79 Å². The highest BCUT2D eigenvalue weighted by atomic mass is 16.5. The molecular weight excluding hydrogens is 252 g/mol. The number of anilines is 2. The quantitative estimate of drug-likeness (QED) is 0.868. The number of amides is 1. The van der Waals surface area contributed by atoms with Crippen molar-refractivity contribution in [3.63, 3.8) is 0 Å². The van der Waals surface area contributed by atoms with E-state index in [4.69, 9.17) is 10.5 Å². The fourth-order valence-electron chi connectivity index (χ4n) is 2.39. The molecule has 102 valence electrons. The first-order chi connectivity index (χ1) is 9.75. The van der Waals surface area contributed by atoms with Gasteiger partial charge in [-0.25, -0.2) is 0 Å². The number of nitrogen functional groups attached to an aromatic ring is 1. The Morgan fingerprint density at radius 2 is 1.90 bits per heavy atom. The Morgan fingerprint density at radius 1 is 1.10 bits per heavy atom. The molecule has 2 aromatic carbocycles. The predicted octanol–water partition coefficient (Wildman–Crippen LogP) is 2.24. The smallest absolute Gasteiger partial charge is 0.265 e. The third-order valence-corrected chi connectivity index (χ3v) is 3.42. The van der Waals surface area contributed by atoms with Crippen molar-refractivity contribution in [1.29, 1.82) is 0 Å². The van der Waals surface area contributed by atoms with Crippen molar-refractivity contribution in [1.82, 2.24) is 0 Å². The summed E-state index contributed by atoms with van der Waals surface area (Å²) in [6, 6.07) is 15.6. The van der Waals surface area contributed by atoms with Gasteiger partial charge < -0.3 is 15.4 Å². The van der Waals surface area contributed by atoms with Crippen molar-refractivity contribution in [3.05, 3.63) is 54.1 Å². The minimum atomic E-state index is -0.0287. The maximum Gasteiger partial charge on any atom is 0.265 e. The van der Waals surface area contributed by atoms with Crippen LogP contribution in [0.15, 0.2) is 48.5 Å². The van der Waals surface area contributed by atoms with E-state index in [-0.39, 0.29) is 12.5 Å². The minimum Gasteiger partial charge on any atom is -0.479 e. The van der Waals surface area contributed by atoms with E-state index in [1.165, 1.54) is 5.56 Å². The van der Waals surface area contributed by atoms with Gasteiger partial charge in [0, 0.05) is 6.54 Å². The minimum absolute atomic E-state index is 0.0287. The van der Waals surface area contributed by atoms with Crippen LogP contribution in [0.25, 0.3) is 0 Å². The van der Waals surface area contributed by atoms with E-state index >= 15 is 0 Å². The topological polar surface area (TPSA) is 55.6 Å². The van der Waals surface area contributed by atoms with Crippen molar-refractivity contribution < 1.29 is 9.53 Å². The zero-order valence-electron chi connectivity index (χ0n) is 11.1. The molecule has 0 aromatic heterocycles. The second-order valence-electron chi connectivity index (χ2n) is 4.77. The molecule has 2 aromatic rings. The number of carbonyl (C=O) groups is 1. The van der Waals surface area contributed by atoms with Crippen LogP contribution in [0.3, 0.4) is 0 Å². The highest BCUT2D eigenvalue weighted by Gasteiger charge is 2.26. The summed E-state index contributed by atoms with van der Waals surface area (Å²) in [5.41, 5.74) is 8.43. The Morgan fingerprint density at radius 3 is 2.70 bits per heavy atom. The molecular formula is C16H16N2O2. The van der Waals surface area contributed by atoms with E-state index in [2.05, 4.69) is 12.1 Å². The number of carbonyl (C=O) groups excluding carboxylic acids is 1. The molecule has 0 radical (unpaired) electrons. The second-order valence-corrected chi connectivity index (χ2v) is 4.77. The van der Waals surface area contributed by atoms with Crippen LogP contribution in [-0.2, 0) is 11.2 Å². The zero-order valence-corrected chi connectivity index (χ0v) is 11.1. The first-order valence-corrected chi connectivity index (χ1v) is 6.61. The maximum atomic E-state index is 12.0. The molecule has 0 atom stereocenters. The van der Waals surface area contributed by atoms with Crippen LogP contribution in [0.2, 0.25) is 0 Å². The van der Waals surface area contributed by atoms with Crippen molar-refractivity contribution >= 4 is 17.3 Å². The van der Waals surface area contributed by atoms with Crippen LogP contribution < -0.4 is 15.4 Å². The number of ether oxygens (including phenoxy) is 1. The summed E-state index contributed by atoms with van der Waals surface area (Å²) in [4.78, 5) is 13.8. The highest BCUT2D eigenvalue weighted by Crippen LogP contribution is 2.36. The molecule has 0 unspecified atom stereocenters. The van der Waals surface area contributed by atoms with Gasteiger partial charge in [0.25, 0.3) is 5.91 Å². The van der Waals surface area contributed by atoms with Gasteiger partial charge in [-0.3, -0.25) is 4.79 Å². The number of benzene rings is 2. The van der Waals surface area contributed by atoms with Crippen LogP contribution >= 0.6 is 0 Å². The van der Waals surface area contributed by atoms with E-state index in [1.807, 2.05) is 30.3 Å². The molecule has 4 heteroatoms. The average molecular weight is 268 g/mol. The lowest BCUT2D eigenvalue weighted by Gasteiger charge is -2.30. The van der Waals surface area contributed by atoms with Gasteiger partial charge in [-0.1, -0.05) is 36.4 Å². The van der Waals surface area contributed by atoms with Gasteiger partial charge in [-0.05, 0) is 24.1 Å². The number of fused-ring (bicyclic) bond motifs is 1. The summed E-state index contributed by atoms with van der Waals surface area (Å²) < 4.78 is 5.43. The lowest BCUT2D eigenvalue weighted by Crippen LogP contribution is -2.40. The molecule has 1 aliphatic rings. The van der Waals surface area contributed by atoms with E-state index in [0.29, 0.717) is 18.0 Å². The number of nitrogens with two attached hydrogens (primary N) is 1. The Kier molecular flexibility index (Phi) is 3.29. The van der Waals surface area contributed by atoms with Crippen molar-refractivity contribution in [2.75, 3.05) is 23.8 Å². The molecule has 1 aliphatic heterocycles. The van der Waals surface area contributed by atoms with E-state index < -0.39 is 0 Å². The Bertz CT molecular complexity index is 626. The van der Waals surface area contributed by atoms with Gasteiger partial charge in [0.2, 0.25) is 0 Å². The van der Waals surface area contributed by atoms with Crippen molar-refractivity contribution in [2.45, 2.75) is 6.42 Å². The molecule has 20 heavy (non-hydrogen) atoms. The highest BCUT2D eigenvalue weighted by molar-refractivity contribution is 5.99. The lowest BCUT2D eigenvalue weighted by molar-refractivity contribution is -0.121. The van der Waals surface area contributed by atoms with Crippen LogP contribution in [0, 0.1) is 0 Å². The fourth-order valence-corrected chi connectivity index (χ4v) is 2.39. The van der Waals surface area contributed by atoms with Crippen LogP contribution in [0.1, 0.15) is 5.56 Å². The summed E-state index contributed by atoms with van der Waals surface area (Å²) in [6.07, 6.45) is 0.806. The SMILES string of the molecule is Nc1cccc2c1OCC(=O)N2CCc1ccccc1. The second kappa shape index (κ2) is 5.25. The van der Waals surface area contributed by atoms with Gasteiger partial charge in [0.1, 0.15) is 0 Å². The van der Waals surface area contributed by atoms with Gasteiger partial charge in [-0.2, -0.15) is 0 Å². The molecule has 3 rings (SSSR count). The summed E-state index contributed by atoms with van der Waals surface area (Å²) in [6.45, 7) is 0.679. The summed E-state index contributed by atoms with van der Waals surface area (Å²) in [7, 11) is 0. The van der Waals surface area contributed by atoms with Crippen molar-refractivity contribution in [2.24, 2.45) is 0 Å². The summed E-state index contributed by atoms with van der Waals surface area (Å²) in [5, 5.41) is 0. The predicted molar refractivity (Wildman–Crippen MR) is 78.8 cm³/mol. The number of rotatable bonds is 3. The van der Waals surface area contributed by atoms with E-state index in [1.54, 1.807) is 11.0 Å². The van der Waals surface area contributed by atoms with Gasteiger partial charge in [0.15, 0.2) is 12.4 Å². The van der Waals surface area contributed by atoms with Crippen LogP contribution in [0.5, 0.6) is 5.75 Å². The molecule has 0 bridgehead atoms. The van der Waals surface area contributed by atoms with Crippen LogP contribution in [-0.4, -0.2) is 19.1 Å². The summed E-state index contributed by atoms with van der Waals surface area (Å²) >= 11 is 0. The summed E-state index contributed by atoms with van der Waals surface area (Å²) in [5.74, 6) is 0.583. The third-order valence-electron chi connectivity index (χ3n) is 3.42. The van der Waals surface area contributed by atoms with Gasteiger partial charge >= 0.3 is 0 Å². The molecule has 2 N–H and O–H groups in total. The Hall–Kier alpha value is -2.49. The first-order valence-electron chi connectivity index (χ1n) is 6.61. The average Bonchev–Trinajstić information content (AvgIpc) is 2.47. The molecule has 1 amide bonds. The molecule has 0 fully saturated rings. The third kappa shape index (κ3) is 2.32. The largest absolute Gasteiger partial charge is 0.479 e. The molecule has 0 saturated heterocycles. The van der Waals surface area contributed by atoms with Crippen LogP contribution in [0.4, 0.5) is 11.4 Å². The van der Waals surface area contributed by atoms with Gasteiger partial charge in [0.05, 0.1) is 11.4 Å². The molecule has 4 nitrogen and oxygen atoms in total. The van der Waals surface area contributed by atoms with E-state index in [0.717, 1.165) is 12.1 Å².